The molecule has 72 valence electrons. The molecular weight excluding hydrogens is 222 g/mol. The molecule has 14 heavy (non-hydrogen) atoms. The van der Waals surface area contributed by atoms with E-state index >= 15 is 0 Å². The molecule has 0 aliphatic rings. The highest BCUT2D eigenvalue weighted by atomic mass is 35.5. The zero-order valence-corrected chi connectivity index (χ0v) is 8.89. The molecule has 0 aliphatic carbocycles. The highest BCUT2D eigenvalue weighted by Crippen LogP contribution is 2.24. The second kappa shape index (κ2) is 4.36. The third kappa shape index (κ3) is 2.00. The summed E-state index contributed by atoms with van der Waals surface area (Å²) >= 11 is 9.78. The van der Waals surface area contributed by atoms with Gasteiger partial charge in [-0.3, -0.25) is 0 Å². The number of ether oxygens (including phenoxy) is 1. The average molecular weight is 228 g/mol. The molecule has 0 N–H and O–H groups in total. The van der Waals surface area contributed by atoms with Crippen molar-refractivity contribution < 1.29 is 9.53 Å². The summed E-state index contributed by atoms with van der Waals surface area (Å²) in [7, 11) is 1.26. The molecule has 0 amide bonds. The van der Waals surface area contributed by atoms with E-state index in [1.165, 1.54) is 19.2 Å². The first-order chi connectivity index (χ1) is 6.60. The number of nitriles is 1. The van der Waals surface area contributed by atoms with Crippen molar-refractivity contribution in [3.05, 3.63) is 28.3 Å². The van der Waals surface area contributed by atoms with Gasteiger partial charge in [-0.1, -0.05) is 11.6 Å². The van der Waals surface area contributed by atoms with Crippen LogP contribution >= 0.6 is 24.2 Å². The van der Waals surface area contributed by atoms with Crippen LogP contribution in [-0.4, -0.2) is 13.1 Å². The Bertz CT molecular complexity index is 426. The van der Waals surface area contributed by atoms with Crippen molar-refractivity contribution in [2.24, 2.45) is 0 Å². The van der Waals surface area contributed by atoms with Gasteiger partial charge in [0.05, 0.1) is 23.3 Å². The Morgan fingerprint density at radius 3 is 2.79 bits per heavy atom. The van der Waals surface area contributed by atoms with E-state index in [0.717, 1.165) is 0 Å². The number of hydrogen-bond donors (Lipinski definition) is 1. The maximum absolute atomic E-state index is 11.2. The predicted molar refractivity (Wildman–Crippen MR) is 54.8 cm³/mol. The lowest BCUT2D eigenvalue weighted by atomic mass is 10.1. The van der Waals surface area contributed by atoms with Gasteiger partial charge >= 0.3 is 5.97 Å². The molecule has 0 heterocycles. The van der Waals surface area contributed by atoms with Gasteiger partial charge in [0.2, 0.25) is 0 Å². The summed E-state index contributed by atoms with van der Waals surface area (Å²) in [5.41, 5.74) is 0.460. The van der Waals surface area contributed by atoms with Crippen LogP contribution in [0.3, 0.4) is 0 Å². The maximum atomic E-state index is 11.2. The molecular formula is C9H6ClNO2S. The van der Waals surface area contributed by atoms with Gasteiger partial charge < -0.3 is 4.74 Å². The van der Waals surface area contributed by atoms with Crippen LogP contribution < -0.4 is 0 Å². The zero-order chi connectivity index (χ0) is 10.7. The highest BCUT2D eigenvalue weighted by molar-refractivity contribution is 7.80. The Labute approximate surface area is 91.7 Å². The summed E-state index contributed by atoms with van der Waals surface area (Å²) in [5, 5.41) is 8.95. The molecule has 0 bridgehead atoms. The third-order valence-electron chi connectivity index (χ3n) is 1.61. The zero-order valence-electron chi connectivity index (χ0n) is 7.24. The van der Waals surface area contributed by atoms with Crippen molar-refractivity contribution in [3.63, 3.8) is 0 Å². The Kier molecular flexibility index (Phi) is 3.39. The van der Waals surface area contributed by atoms with Crippen molar-refractivity contribution >= 4 is 30.2 Å². The second-order valence-corrected chi connectivity index (χ2v) is 3.34. The summed E-state index contributed by atoms with van der Waals surface area (Å²) in [6, 6.07) is 4.67. The topological polar surface area (TPSA) is 50.1 Å². The van der Waals surface area contributed by atoms with Gasteiger partial charge in [-0.25, -0.2) is 4.79 Å². The lowest BCUT2D eigenvalue weighted by Gasteiger charge is -2.04. The predicted octanol–water partition coefficient (Wildman–Crippen LogP) is 2.29. The lowest BCUT2D eigenvalue weighted by Crippen LogP contribution is -2.03. The number of nitrogens with zero attached hydrogens (tertiary/aromatic N) is 1. The summed E-state index contributed by atoms with van der Waals surface area (Å²) in [6.45, 7) is 0. The standard InChI is InChI=1S/C9H6ClNO2S/c1-13-9(12)6-2-5(4-11)7(10)3-8(6)14/h2-3,14H,1H3. The van der Waals surface area contributed by atoms with Gasteiger partial charge in [-0.05, 0) is 12.1 Å². The number of thiol groups is 1. The molecule has 0 fully saturated rings. The van der Waals surface area contributed by atoms with E-state index in [-0.39, 0.29) is 16.1 Å². The number of hydrogen-bond acceptors (Lipinski definition) is 4. The molecule has 0 radical (unpaired) electrons. The molecule has 0 spiro atoms. The Morgan fingerprint density at radius 2 is 2.29 bits per heavy atom. The number of methoxy groups -OCH3 is 1. The van der Waals surface area contributed by atoms with Crippen LogP contribution in [0.1, 0.15) is 15.9 Å². The van der Waals surface area contributed by atoms with Crippen molar-refractivity contribution in [2.45, 2.75) is 4.90 Å². The van der Waals surface area contributed by atoms with E-state index in [1.54, 1.807) is 0 Å². The van der Waals surface area contributed by atoms with Crippen LogP contribution in [-0.2, 0) is 4.74 Å². The molecule has 5 heteroatoms. The minimum atomic E-state index is -0.539. The van der Waals surface area contributed by atoms with Crippen molar-refractivity contribution in [3.8, 4) is 6.07 Å². The Morgan fingerprint density at radius 1 is 1.64 bits per heavy atom. The van der Waals surface area contributed by atoms with Gasteiger partial charge in [0, 0.05) is 4.90 Å². The van der Waals surface area contributed by atoms with Crippen LogP contribution in [0.2, 0.25) is 5.02 Å². The Hall–Kier alpha value is -1.18. The fraction of sp³-hybridized carbons (Fsp3) is 0.111. The molecule has 1 rings (SSSR count). The Balaban J connectivity index is 3.33. The second-order valence-electron chi connectivity index (χ2n) is 2.45. The van der Waals surface area contributed by atoms with Crippen LogP contribution in [0.4, 0.5) is 0 Å². The molecule has 0 saturated heterocycles. The molecule has 0 unspecified atom stereocenters. The van der Waals surface area contributed by atoms with E-state index in [2.05, 4.69) is 17.4 Å². The number of rotatable bonds is 1. The molecule has 1 aromatic carbocycles. The SMILES string of the molecule is COC(=O)c1cc(C#N)c(Cl)cc1S. The summed E-state index contributed by atoms with van der Waals surface area (Å²) in [6.07, 6.45) is 0. The number of halogens is 1. The summed E-state index contributed by atoms with van der Waals surface area (Å²) < 4.78 is 4.52. The number of carbonyl (C=O) groups is 1. The molecule has 1 aromatic rings. The maximum Gasteiger partial charge on any atom is 0.339 e. The van der Waals surface area contributed by atoms with E-state index in [4.69, 9.17) is 16.9 Å². The lowest BCUT2D eigenvalue weighted by molar-refractivity contribution is 0.0597. The van der Waals surface area contributed by atoms with Gasteiger partial charge in [-0.15, -0.1) is 12.6 Å². The van der Waals surface area contributed by atoms with E-state index in [0.29, 0.717) is 4.90 Å². The summed E-state index contributed by atoms with van der Waals surface area (Å²) in [5.74, 6) is -0.539. The smallest absolute Gasteiger partial charge is 0.339 e. The molecule has 0 aliphatic heterocycles. The molecule has 0 aromatic heterocycles. The minimum Gasteiger partial charge on any atom is -0.465 e. The van der Waals surface area contributed by atoms with Crippen molar-refractivity contribution in [2.75, 3.05) is 7.11 Å². The van der Waals surface area contributed by atoms with Crippen LogP contribution in [0.5, 0.6) is 0 Å². The van der Waals surface area contributed by atoms with E-state index < -0.39 is 5.97 Å². The molecule has 0 atom stereocenters. The number of esters is 1. The fourth-order valence-electron chi connectivity index (χ4n) is 0.922. The monoisotopic (exact) mass is 227 g/mol. The number of carbonyl (C=O) groups excluding carboxylic acids is 1. The summed E-state index contributed by atoms with van der Waals surface area (Å²) in [4.78, 5) is 11.6. The molecule has 0 saturated carbocycles. The minimum absolute atomic E-state index is 0.227. The number of benzene rings is 1. The van der Waals surface area contributed by atoms with E-state index in [9.17, 15) is 4.79 Å². The first-order valence-corrected chi connectivity index (χ1v) is 4.43. The first-order valence-electron chi connectivity index (χ1n) is 3.61. The van der Waals surface area contributed by atoms with Crippen molar-refractivity contribution in [1.82, 2.24) is 0 Å². The first kappa shape index (κ1) is 10.9. The van der Waals surface area contributed by atoms with Gasteiger partial charge in [0.15, 0.2) is 0 Å². The van der Waals surface area contributed by atoms with Gasteiger partial charge in [0.1, 0.15) is 6.07 Å². The molecule has 3 nitrogen and oxygen atoms in total. The van der Waals surface area contributed by atoms with E-state index in [1.807, 2.05) is 6.07 Å². The fourth-order valence-corrected chi connectivity index (χ4v) is 1.49. The van der Waals surface area contributed by atoms with Crippen LogP contribution in [0.15, 0.2) is 17.0 Å². The average Bonchev–Trinajstić information content (AvgIpc) is 2.17. The third-order valence-corrected chi connectivity index (χ3v) is 2.29. The van der Waals surface area contributed by atoms with Crippen molar-refractivity contribution in [1.29, 1.82) is 5.26 Å². The normalized spacial score (nSPS) is 9.29. The van der Waals surface area contributed by atoms with Crippen LogP contribution in [0.25, 0.3) is 0 Å². The van der Waals surface area contributed by atoms with Gasteiger partial charge in [0.25, 0.3) is 0 Å². The quantitative estimate of drug-likeness (QED) is 0.592. The van der Waals surface area contributed by atoms with Gasteiger partial charge in [-0.2, -0.15) is 5.26 Å². The highest BCUT2D eigenvalue weighted by Gasteiger charge is 2.13. The largest absolute Gasteiger partial charge is 0.465 e. The van der Waals surface area contributed by atoms with Crippen LogP contribution in [0, 0.1) is 11.3 Å².